The molecule has 0 spiro atoms. The zero-order valence-electron chi connectivity index (χ0n) is 18.0. The molecule has 8 heteroatoms. The molecule has 0 atom stereocenters. The summed E-state index contributed by atoms with van der Waals surface area (Å²) in [6.45, 7) is 1.62. The van der Waals surface area contributed by atoms with Gasteiger partial charge in [0.1, 0.15) is 11.6 Å². The summed E-state index contributed by atoms with van der Waals surface area (Å²) in [6, 6.07) is 16.0. The third-order valence-corrected chi connectivity index (χ3v) is 6.70. The predicted octanol–water partition coefficient (Wildman–Crippen LogP) is 5.21. The number of halogens is 2. The first kappa shape index (κ1) is 21.3. The molecule has 3 heterocycles. The molecule has 0 aliphatic heterocycles. The molecule has 0 aliphatic carbocycles. The van der Waals surface area contributed by atoms with Crippen molar-refractivity contribution >= 4 is 33.8 Å². The van der Waals surface area contributed by atoms with E-state index in [-0.39, 0.29) is 17.8 Å². The third kappa shape index (κ3) is 3.91. The van der Waals surface area contributed by atoms with Crippen LogP contribution in [0.5, 0.6) is 0 Å². The lowest BCUT2D eigenvalue weighted by molar-refractivity contribution is 0.538. The van der Waals surface area contributed by atoms with Crippen LogP contribution in [-0.2, 0) is 19.3 Å². The highest BCUT2D eigenvalue weighted by atomic mass is 32.2. The summed E-state index contributed by atoms with van der Waals surface area (Å²) in [5.74, 6) is -0.753. The van der Waals surface area contributed by atoms with Gasteiger partial charge in [-0.25, -0.2) is 23.5 Å². The molecule has 0 saturated heterocycles. The van der Waals surface area contributed by atoms with E-state index in [1.165, 1.54) is 33.0 Å². The number of fused-ring (bicyclic) bond motifs is 3. The second-order valence-corrected chi connectivity index (χ2v) is 8.93. The van der Waals surface area contributed by atoms with Gasteiger partial charge in [0.15, 0.2) is 5.65 Å². The minimum Gasteiger partial charge on any atom is -0.293 e. The second kappa shape index (κ2) is 8.44. The minimum atomic E-state index is -0.679. The fourth-order valence-electron chi connectivity index (χ4n) is 3.92. The van der Waals surface area contributed by atoms with Gasteiger partial charge in [-0.3, -0.25) is 9.13 Å². The van der Waals surface area contributed by atoms with Crippen molar-refractivity contribution < 1.29 is 8.78 Å². The molecule has 5 rings (SSSR count). The summed E-state index contributed by atoms with van der Waals surface area (Å²) >= 11 is 1.36. The van der Waals surface area contributed by atoms with Crippen LogP contribution in [0.25, 0.3) is 22.1 Å². The Hall–Kier alpha value is -3.52. The lowest BCUT2D eigenvalue weighted by Crippen LogP contribution is -2.23. The summed E-state index contributed by atoms with van der Waals surface area (Å²) in [5.41, 5.74) is 2.95. The molecule has 0 fully saturated rings. The molecule has 0 amide bonds. The Morgan fingerprint density at radius 3 is 2.48 bits per heavy atom. The number of nitrogens with zero attached hydrogens (tertiary/aromatic N) is 4. The number of hydrogen-bond donors (Lipinski definition) is 0. The van der Waals surface area contributed by atoms with E-state index in [0.29, 0.717) is 32.7 Å². The summed E-state index contributed by atoms with van der Waals surface area (Å²) in [7, 11) is 1.62. The van der Waals surface area contributed by atoms with Gasteiger partial charge in [-0.05, 0) is 36.8 Å². The SMILES string of the molecule is Cc1ccc2c(ncc3c2n(Cc2c(F)cc(SCc4ccccc4)cc2F)c(=O)n3C)n1. The van der Waals surface area contributed by atoms with Crippen molar-refractivity contribution in [3.05, 3.63) is 99.7 Å². The Bertz CT molecular complexity index is 1540. The van der Waals surface area contributed by atoms with Crippen molar-refractivity contribution in [2.75, 3.05) is 0 Å². The van der Waals surface area contributed by atoms with Gasteiger partial charge in [-0.1, -0.05) is 30.3 Å². The van der Waals surface area contributed by atoms with E-state index in [2.05, 4.69) is 9.97 Å². The van der Waals surface area contributed by atoms with Crippen molar-refractivity contribution in [3.8, 4) is 0 Å². The van der Waals surface area contributed by atoms with Gasteiger partial charge in [0.25, 0.3) is 0 Å². The number of aromatic nitrogens is 4. The maximum absolute atomic E-state index is 15.0. The Kier molecular flexibility index (Phi) is 5.46. The van der Waals surface area contributed by atoms with Crippen LogP contribution in [0.3, 0.4) is 0 Å². The molecule has 5 aromatic rings. The summed E-state index contributed by atoms with van der Waals surface area (Å²) in [5, 5.41) is 0.659. The fraction of sp³-hybridized carbons (Fsp3) is 0.160. The highest BCUT2D eigenvalue weighted by Crippen LogP contribution is 2.28. The number of imidazole rings is 1. The van der Waals surface area contributed by atoms with Crippen LogP contribution in [0.1, 0.15) is 16.8 Å². The molecule has 0 unspecified atom stereocenters. The Morgan fingerprint density at radius 1 is 1.03 bits per heavy atom. The molecule has 0 aliphatic rings. The smallest absolute Gasteiger partial charge is 0.293 e. The zero-order chi connectivity index (χ0) is 23.1. The quantitative estimate of drug-likeness (QED) is 0.337. The zero-order valence-corrected chi connectivity index (χ0v) is 18.9. The Balaban J connectivity index is 1.54. The molecule has 5 nitrogen and oxygen atoms in total. The largest absolute Gasteiger partial charge is 0.329 e. The van der Waals surface area contributed by atoms with Gasteiger partial charge >= 0.3 is 5.69 Å². The molecule has 166 valence electrons. The summed E-state index contributed by atoms with van der Waals surface area (Å²) < 4.78 is 32.9. The molecule has 3 aromatic heterocycles. The molecule has 0 bridgehead atoms. The van der Waals surface area contributed by atoms with Gasteiger partial charge in [0, 0.05) is 34.3 Å². The van der Waals surface area contributed by atoms with Crippen molar-refractivity contribution in [1.29, 1.82) is 0 Å². The van der Waals surface area contributed by atoms with Crippen LogP contribution in [0, 0.1) is 18.6 Å². The van der Waals surface area contributed by atoms with Crippen molar-refractivity contribution in [2.45, 2.75) is 24.1 Å². The van der Waals surface area contributed by atoms with Gasteiger partial charge in [-0.15, -0.1) is 11.8 Å². The van der Waals surface area contributed by atoms with E-state index < -0.39 is 11.6 Å². The topological polar surface area (TPSA) is 52.7 Å². The lowest BCUT2D eigenvalue weighted by Gasteiger charge is -2.10. The van der Waals surface area contributed by atoms with Gasteiger partial charge in [0.2, 0.25) is 0 Å². The normalized spacial score (nSPS) is 11.5. The number of rotatable bonds is 5. The van der Waals surface area contributed by atoms with Crippen molar-refractivity contribution in [3.63, 3.8) is 0 Å². The lowest BCUT2D eigenvalue weighted by atomic mass is 10.2. The first-order valence-electron chi connectivity index (χ1n) is 10.4. The number of hydrogen-bond acceptors (Lipinski definition) is 4. The van der Waals surface area contributed by atoms with Crippen LogP contribution < -0.4 is 5.69 Å². The first-order valence-corrected chi connectivity index (χ1v) is 11.4. The molecular formula is C25H20F2N4OS. The second-order valence-electron chi connectivity index (χ2n) is 7.88. The van der Waals surface area contributed by atoms with Crippen LogP contribution in [0.15, 0.2) is 70.5 Å². The molecule has 2 aromatic carbocycles. The maximum Gasteiger partial charge on any atom is 0.329 e. The monoisotopic (exact) mass is 462 g/mol. The molecule has 0 N–H and O–H groups in total. The van der Waals surface area contributed by atoms with Gasteiger partial charge in [0.05, 0.1) is 23.8 Å². The van der Waals surface area contributed by atoms with E-state index in [0.717, 1.165) is 11.3 Å². The highest BCUT2D eigenvalue weighted by Gasteiger charge is 2.19. The molecule has 0 saturated carbocycles. The Morgan fingerprint density at radius 2 is 1.76 bits per heavy atom. The average Bonchev–Trinajstić information content (AvgIpc) is 3.05. The molecule has 33 heavy (non-hydrogen) atoms. The highest BCUT2D eigenvalue weighted by molar-refractivity contribution is 7.98. The number of aryl methyl sites for hydroxylation is 2. The van der Waals surface area contributed by atoms with E-state index in [4.69, 9.17) is 0 Å². The number of benzene rings is 2. The fourth-order valence-corrected chi connectivity index (χ4v) is 4.82. The maximum atomic E-state index is 15.0. The van der Waals surface area contributed by atoms with Gasteiger partial charge < -0.3 is 0 Å². The number of pyridine rings is 2. The van der Waals surface area contributed by atoms with Crippen LogP contribution >= 0.6 is 11.8 Å². The van der Waals surface area contributed by atoms with Crippen molar-refractivity contribution in [2.24, 2.45) is 7.05 Å². The van der Waals surface area contributed by atoms with Gasteiger partial charge in [-0.2, -0.15) is 0 Å². The van der Waals surface area contributed by atoms with Crippen LogP contribution in [0.2, 0.25) is 0 Å². The van der Waals surface area contributed by atoms with E-state index in [1.807, 2.05) is 49.4 Å². The molecule has 0 radical (unpaired) electrons. The predicted molar refractivity (Wildman–Crippen MR) is 126 cm³/mol. The Labute approximate surface area is 192 Å². The third-order valence-electron chi connectivity index (χ3n) is 5.65. The summed E-state index contributed by atoms with van der Waals surface area (Å²) in [6.07, 6.45) is 1.57. The minimum absolute atomic E-state index is 0.154. The van der Waals surface area contributed by atoms with E-state index in [9.17, 15) is 4.79 Å². The molecular weight excluding hydrogens is 442 g/mol. The van der Waals surface area contributed by atoms with E-state index >= 15 is 8.78 Å². The first-order chi connectivity index (χ1) is 15.9. The van der Waals surface area contributed by atoms with Crippen LogP contribution in [-0.4, -0.2) is 19.1 Å². The standard InChI is InChI=1S/C25H20F2N4OS/c1-15-8-9-18-23-22(12-28-24(18)29-15)30(2)25(32)31(23)13-19-20(26)10-17(11-21(19)27)33-14-16-6-4-3-5-7-16/h3-12H,13-14H2,1-2H3. The van der Waals surface area contributed by atoms with E-state index in [1.54, 1.807) is 13.2 Å². The average molecular weight is 463 g/mol. The number of thioether (sulfide) groups is 1. The summed E-state index contributed by atoms with van der Waals surface area (Å²) in [4.78, 5) is 22.2. The van der Waals surface area contributed by atoms with Crippen molar-refractivity contribution in [1.82, 2.24) is 19.1 Å². The van der Waals surface area contributed by atoms with Crippen LogP contribution in [0.4, 0.5) is 8.78 Å².